The summed E-state index contributed by atoms with van der Waals surface area (Å²) in [5.41, 5.74) is 4.29. The first-order chi connectivity index (χ1) is 18.0. The highest BCUT2D eigenvalue weighted by molar-refractivity contribution is 6.04. The summed E-state index contributed by atoms with van der Waals surface area (Å²) in [5, 5.41) is 8.08. The van der Waals surface area contributed by atoms with Crippen LogP contribution in [0.5, 0.6) is 11.5 Å². The molecule has 2 N–H and O–H groups in total. The van der Waals surface area contributed by atoms with Gasteiger partial charge in [0, 0.05) is 36.0 Å². The lowest BCUT2D eigenvalue weighted by Gasteiger charge is -2.16. The number of carbonyl (C=O) groups is 1. The number of hydrogen-bond donors (Lipinski definition) is 2. The number of hydrogen-bond acceptors (Lipinski definition) is 7. The van der Waals surface area contributed by atoms with E-state index in [0.717, 1.165) is 41.9 Å². The van der Waals surface area contributed by atoms with Crippen LogP contribution < -0.4 is 20.1 Å². The van der Waals surface area contributed by atoms with E-state index in [1.165, 1.54) is 0 Å². The van der Waals surface area contributed by atoms with Crippen LogP contribution in [0.3, 0.4) is 0 Å². The van der Waals surface area contributed by atoms with Gasteiger partial charge in [0.2, 0.25) is 0 Å². The van der Waals surface area contributed by atoms with Crippen molar-refractivity contribution < 1.29 is 19.1 Å². The smallest absolute Gasteiger partial charge is 0.255 e. The van der Waals surface area contributed by atoms with E-state index < -0.39 is 0 Å². The minimum Gasteiger partial charge on any atom is -0.493 e. The first-order valence-corrected chi connectivity index (χ1v) is 12.5. The van der Waals surface area contributed by atoms with Crippen molar-refractivity contribution in [3.8, 4) is 22.6 Å². The van der Waals surface area contributed by atoms with Crippen molar-refractivity contribution in [1.29, 1.82) is 0 Å². The second kappa shape index (κ2) is 11.0. The molecule has 2 aliphatic rings. The summed E-state index contributed by atoms with van der Waals surface area (Å²) in [6.45, 7) is 3.49. The van der Waals surface area contributed by atoms with Gasteiger partial charge in [-0.3, -0.25) is 4.79 Å². The molecule has 2 aliphatic heterocycles. The Morgan fingerprint density at radius 2 is 1.76 bits per heavy atom. The van der Waals surface area contributed by atoms with E-state index in [-0.39, 0.29) is 12.1 Å². The van der Waals surface area contributed by atoms with Crippen LogP contribution in [-0.4, -0.2) is 56.4 Å². The fraction of sp³-hybridized carbons (Fsp3) is 0.310. The lowest BCUT2D eigenvalue weighted by molar-refractivity contribution is -0.0959. The van der Waals surface area contributed by atoms with Crippen LogP contribution >= 0.6 is 0 Å². The van der Waals surface area contributed by atoms with Gasteiger partial charge in [-0.15, -0.1) is 0 Å². The largest absolute Gasteiger partial charge is 0.493 e. The van der Waals surface area contributed by atoms with E-state index >= 15 is 0 Å². The van der Waals surface area contributed by atoms with Gasteiger partial charge >= 0.3 is 0 Å². The van der Waals surface area contributed by atoms with Crippen LogP contribution in [0.1, 0.15) is 35.7 Å². The van der Waals surface area contributed by atoms with E-state index in [1.807, 2.05) is 74.6 Å². The molecule has 1 amide bonds. The summed E-state index contributed by atoms with van der Waals surface area (Å²) in [4.78, 5) is 23.0. The van der Waals surface area contributed by atoms with Crippen LogP contribution in [0.4, 0.5) is 5.69 Å². The highest BCUT2D eigenvalue weighted by Gasteiger charge is 2.21. The fourth-order valence-electron chi connectivity index (χ4n) is 4.60. The van der Waals surface area contributed by atoms with Crippen molar-refractivity contribution in [1.82, 2.24) is 10.4 Å². The number of amidine groups is 1. The quantitative estimate of drug-likeness (QED) is 0.466. The molecule has 8 nitrogen and oxygen atoms in total. The molecular weight excluding hydrogens is 468 g/mol. The predicted molar refractivity (Wildman–Crippen MR) is 144 cm³/mol. The van der Waals surface area contributed by atoms with Gasteiger partial charge in [0.1, 0.15) is 6.61 Å². The van der Waals surface area contributed by atoms with Gasteiger partial charge < -0.3 is 20.1 Å². The van der Waals surface area contributed by atoms with Crippen molar-refractivity contribution >= 4 is 17.4 Å². The zero-order valence-corrected chi connectivity index (χ0v) is 21.4. The van der Waals surface area contributed by atoms with Crippen LogP contribution in [-0.2, 0) is 4.84 Å². The first kappa shape index (κ1) is 24.8. The molecule has 1 saturated heterocycles. The summed E-state index contributed by atoms with van der Waals surface area (Å²) in [6, 6.07) is 21.5. The summed E-state index contributed by atoms with van der Waals surface area (Å²) in [5.74, 6) is 1.88. The summed E-state index contributed by atoms with van der Waals surface area (Å²) in [7, 11) is 3.47. The van der Waals surface area contributed by atoms with E-state index in [0.29, 0.717) is 35.4 Å². The Morgan fingerprint density at radius 3 is 2.38 bits per heavy atom. The van der Waals surface area contributed by atoms with Gasteiger partial charge in [-0.25, -0.2) is 14.9 Å². The van der Waals surface area contributed by atoms with Crippen molar-refractivity contribution in [3.05, 3.63) is 77.9 Å². The number of hydroxylamine groups is 2. The third-order valence-electron chi connectivity index (χ3n) is 6.56. The molecule has 0 spiro atoms. The molecule has 0 saturated carbocycles. The van der Waals surface area contributed by atoms with Gasteiger partial charge in [-0.1, -0.05) is 36.4 Å². The average molecular weight is 501 g/mol. The Hall–Kier alpha value is -3.88. The van der Waals surface area contributed by atoms with Crippen LogP contribution in [0.15, 0.2) is 71.7 Å². The zero-order chi connectivity index (χ0) is 25.8. The summed E-state index contributed by atoms with van der Waals surface area (Å²) < 4.78 is 11.4. The topological polar surface area (TPSA) is 84.4 Å². The molecule has 0 bridgehead atoms. The predicted octanol–water partition coefficient (Wildman–Crippen LogP) is 4.71. The number of rotatable bonds is 8. The Morgan fingerprint density at radius 1 is 1.05 bits per heavy atom. The molecule has 0 aromatic heterocycles. The van der Waals surface area contributed by atoms with Crippen LogP contribution in [0, 0.1) is 0 Å². The molecule has 2 atom stereocenters. The van der Waals surface area contributed by atoms with Crippen molar-refractivity contribution in [2.75, 3.05) is 32.6 Å². The number of anilines is 1. The first-order valence-electron chi connectivity index (χ1n) is 12.5. The van der Waals surface area contributed by atoms with E-state index in [2.05, 4.69) is 15.6 Å². The minimum absolute atomic E-state index is 0.176. The number of methoxy groups -OCH3 is 1. The van der Waals surface area contributed by atoms with E-state index in [4.69, 9.17) is 14.3 Å². The molecule has 1 unspecified atom stereocenters. The number of aliphatic imine (C=N–C) groups is 1. The molecule has 8 heteroatoms. The lowest BCUT2D eigenvalue weighted by atomic mass is 10.0. The van der Waals surface area contributed by atoms with Gasteiger partial charge in [0.25, 0.3) is 5.91 Å². The van der Waals surface area contributed by atoms with Gasteiger partial charge in [0.15, 0.2) is 23.6 Å². The van der Waals surface area contributed by atoms with Gasteiger partial charge in [-0.2, -0.15) is 0 Å². The zero-order valence-electron chi connectivity index (χ0n) is 21.4. The normalized spacial score (nSPS) is 19.0. The Labute approximate surface area is 217 Å². The molecule has 192 valence electrons. The molecule has 0 radical (unpaired) electrons. The minimum atomic E-state index is -0.188. The number of benzene rings is 3. The monoisotopic (exact) mass is 500 g/mol. The molecule has 0 aliphatic carbocycles. The molecule has 3 aromatic carbocycles. The van der Waals surface area contributed by atoms with Crippen LogP contribution in [0.2, 0.25) is 0 Å². The van der Waals surface area contributed by atoms with E-state index in [1.54, 1.807) is 18.2 Å². The average Bonchev–Trinajstić information content (AvgIpc) is 3.56. The van der Waals surface area contributed by atoms with Crippen molar-refractivity contribution in [2.45, 2.75) is 32.0 Å². The number of ether oxygens (including phenoxy) is 2. The van der Waals surface area contributed by atoms with Gasteiger partial charge in [-0.05, 0) is 61.7 Å². The maximum atomic E-state index is 12.9. The second-order valence-corrected chi connectivity index (χ2v) is 9.23. The number of nitrogens with one attached hydrogen (secondary N) is 2. The maximum Gasteiger partial charge on any atom is 0.255 e. The Bertz CT molecular complexity index is 1270. The molecule has 2 heterocycles. The van der Waals surface area contributed by atoms with Gasteiger partial charge in [0.05, 0.1) is 7.11 Å². The van der Waals surface area contributed by atoms with E-state index in [9.17, 15) is 4.79 Å². The summed E-state index contributed by atoms with van der Waals surface area (Å²) in [6.07, 6.45) is 2.08. The maximum absolute atomic E-state index is 12.9. The lowest BCUT2D eigenvalue weighted by Crippen LogP contribution is -2.28. The molecular formula is C29H32N4O4. The Balaban J connectivity index is 1.24. The fourth-order valence-corrected chi connectivity index (χ4v) is 4.60. The van der Waals surface area contributed by atoms with Crippen molar-refractivity contribution in [3.63, 3.8) is 0 Å². The highest BCUT2D eigenvalue weighted by Crippen LogP contribution is 2.31. The number of amides is 1. The Kier molecular flexibility index (Phi) is 7.39. The second-order valence-electron chi connectivity index (χ2n) is 9.23. The standard InChI is InChI=1S/C29H32N4O4/c1-19-31-28(33(2)37-19)22-10-6-20(7-11-22)21-8-12-23(13-9-21)29(34)32-24-14-15-26(35-3)27(17-24)36-18-25-5-4-16-30-25/h6-15,17,19,25,30H,4-5,16,18H2,1-3H3,(H,32,34)/t19?,25-/m1/s1. The highest BCUT2D eigenvalue weighted by atomic mass is 16.7. The number of carbonyl (C=O) groups excluding carboxylic acids is 1. The summed E-state index contributed by atoms with van der Waals surface area (Å²) >= 11 is 0. The molecule has 3 aromatic rings. The molecule has 5 rings (SSSR count). The molecule has 1 fully saturated rings. The third kappa shape index (κ3) is 5.76. The third-order valence-corrected chi connectivity index (χ3v) is 6.56. The number of nitrogens with zero attached hydrogens (tertiary/aromatic N) is 2. The van der Waals surface area contributed by atoms with Crippen molar-refractivity contribution in [2.24, 2.45) is 4.99 Å². The molecule has 37 heavy (non-hydrogen) atoms. The SMILES string of the molecule is COc1ccc(NC(=O)c2ccc(-c3ccc(C4=NC(C)ON4C)cc3)cc2)cc1OC[C@H]1CCCN1. The van der Waals surface area contributed by atoms with Crippen LogP contribution in [0.25, 0.3) is 11.1 Å².